The summed E-state index contributed by atoms with van der Waals surface area (Å²) in [7, 11) is 0. The lowest BCUT2D eigenvalue weighted by atomic mass is 10.1. The molecule has 0 aliphatic rings. The minimum atomic E-state index is -4.86. The number of carbonyl (C=O) groups is 3. The number of esters is 1. The molecule has 2 amide bonds. The number of carbonyl (C=O) groups excluding carboxylic acids is 3. The van der Waals surface area contributed by atoms with Crippen LogP contribution < -0.4 is 10.9 Å². The number of hydrogen-bond donors (Lipinski definition) is 1. The highest BCUT2D eigenvalue weighted by molar-refractivity contribution is 7.18. The topological polar surface area (TPSA) is 97.7 Å². The lowest BCUT2D eigenvalue weighted by Gasteiger charge is -2.18. The van der Waals surface area contributed by atoms with Gasteiger partial charge in [0.05, 0.1) is 17.0 Å². The van der Waals surface area contributed by atoms with Gasteiger partial charge in [0.25, 0.3) is 11.5 Å². The normalized spacial score (nSPS) is 11.2. The quantitative estimate of drug-likeness (QED) is 0.575. The van der Waals surface area contributed by atoms with Crippen LogP contribution in [0.15, 0.2) is 23.1 Å². The van der Waals surface area contributed by atoms with Gasteiger partial charge in [-0.2, -0.15) is 13.2 Å². The van der Waals surface area contributed by atoms with Crippen LogP contribution in [0.3, 0.4) is 0 Å². The first-order valence-corrected chi connectivity index (χ1v) is 10.9. The summed E-state index contributed by atoms with van der Waals surface area (Å²) in [5, 5.41) is 2.46. The van der Waals surface area contributed by atoms with Gasteiger partial charge in [-0.15, -0.1) is 11.3 Å². The molecule has 0 aliphatic carbocycles. The summed E-state index contributed by atoms with van der Waals surface area (Å²) in [6, 6.07) is 1.64. The lowest BCUT2D eigenvalue weighted by Crippen LogP contribution is -2.32. The van der Waals surface area contributed by atoms with Gasteiger partial charge in [0, 0.05) is 19.3 Å². The Morgan fingerprint density at radius 1 is 1.18 bits per heavy atom. The highest BCUT2D eigenvalue weighted by Crippen LogP contribution is 2.34. The first kappa shape index (κ1) is 26.1. The van der Waals surface area contributed by atoms with Crippen molar-refractivity contribution >= 4 is 34.1 Å². The third kappa shape index (κ3) is 5.81. The molecular weight excluding hydrogens is 463 g/mol. The standard InChI is InChI=1S/C21H24F3N3O5S/c1-5-26(6-2)19(30)16-12(4)15(20(31)32-7-3)17(33-16)25-14(28)11-27-10-8-9-13(18(27)29)21(22,23)24/h8-10H,5-7,11H2,1-4H3,(H,25,28). The average molecular weight is 488 g/mol. The number of anilines is 1. The van der Waals surface area contributed by atoms with Crippen LogP contribution in [0, 0.1) is 6.92 Å². The average Bonchev–Trinajstić information content (AvgIpc) is 3.05. The van der Waals surface area contributed by atoms with Crippen LogP contribution in [0.2, 0.25) is 0 Å². The first-order chi connectivity index (χ1) is 15.5. The third-order valence-corrected chi connectivity index (χ3v) is 5.96. The SMILES string of the molecule is CCOC(=O)c1c(NC(=O)Cn2cccc(C(F)(F)F)c2=O)sc(C(=O)N(CC)CC)c1C. The number of aromatic nitrogens is 1. The fourth-order valence-corrected chi connectivity index (χ4v) is 4.29. The fraction of sp³-hybridized carbons (Fsp3) is 0.429. The monoisotopic (exact) mass is 487 g/mol. The van der Waals surface area contributed by atoms with Gasteiger partial charge in [-0.3, -0.25) is 14.4 Å². The van der Waals surface area contributed by atoms with Crippen LogP contribution in [0.5, 0.6) is 0 Å². The van der Waals surface area contributed by atoms with E-state index in [2.05, 4.69) is 5.32 Å². The van der Waals surface area contributed by atoms with E-state index in [1.807, 2.05) is 0 Å². The van der Waals surface area contributed by atoms with Gasteiger partial charge >= 0.3 is 12.1 Å². The van der Waals surface area contributed by atoms with Gasteiger partial charge in [-0.1, -0.05) is 0 Å². The van der Waals surface area contributed by atoms with Gasteiger partial charge in [0.15, 0.2) is 0 Å². The molecule has 0 saturated carbocycles. The Hall–Kier alpha value is -3.15. The number of amides is 2. The van der Waals surface area contributed by atoms with Crippen molar-refractivity contribution in [2.45, 2.75) is 40.4 Å². The number of pyridine rings is 1. The number of hydrogen-bond acceptors (Lipinski definition) is 6. The largest absolute Gasteiger partial charge is 0.462 e. The molecule has 0 atom stereocenters. The predicted molar refractivity (Wildman–Crippen MR) is 117 cm³/mol. The van der Waals surface area contributed by atoms with Gasteiger partial charge < -0.3 is 19.5 Å². The summed E-state index contributed by atoms with van der Waals surface area (Å²) < 4.78 is 44.6. The van der Waals surface area contributed by atoms with Crippen molar-refractivity contribution in [1.82, 2.24) is 9.47 Å². The number of nitrogens with one attached hydrogen (secondary N) is 1. The smallest absolute Gasteiger partial charge is 0.421 e. The number of ether oxygens (including phenoxy) is 1. The van der Waals surface area contributed by atoms with Gasteiger partial charge in [-0.05, 0) is 45.4 Å². The fourth-order valence-electron chi connectivity index (χ4n) is 3.11. The molecule has 0 bridgehead atoms. The number of rotatable bonds is 8. The lowest BCUT2D eigenvalue weighted by molar-refractivity contribution is -0.139. The molecule has 0 unspecified atom stereocenters. The van der Waals surface area contributed by atoms with Crippen LogP contribution in [-0.4, -0.2) is 46.9 Å². The minimum Gasteiger partial charge on any atom is -0.462 e. The molecule has 0 spiro atoms. The molecule has 8 nitrogen and oxygen atoms in total. The maximum atomic E-state index is 13.0. The molecule has 0 aromatic carbocycles. The molecule has 0 aliphatic heterocycles. The molecule has 2 rings (SSSR count). The summed E-state index contributed by atoms with van der Waals surface area (Å²) in [5.41, 5.74) is -2.46. The number of thiophene rings is 1. The van der Waals surface area contributed by atoms with Gasteiger partial charge in [-0.25, -0.2) is 4.79 Å². The molecular formula is C21H24F3N3O5S. The zero-order valence-corrected chi connectivity index (χ0v) is 19.4. The van der Waals surface area contributed by atoms with E-state index in [0.717, 1.165) is 23.6 Å². The van der Waals surface area contributed by atoms with Crippen molar-refractivity contribution in [3.8, 4) is 0 Å². The van der Waals surface area contributed by atoms with E-state index in [9.17, 15) is 32.3 Å². The summed E-state index contributed by atoms with van der Waals surface area (Å²) in [4.78, 5) is 51.8. The highest BCUT2D eigenvalue weighted by atomic mass is 32.1. The Morgan fingerprint density at radius 3 is 2.36 bits per heavy atom. The van der Waals surface area contributed by atoms with E-state index in [4.69, 9.17) is 4.74 Å². The Kier molecular flexibility index (Phi) is 8.42. The molecule has 0 fully saturated rings. The van der Waals surface area contributed by atoms with Gasteiger partial charge in [0.1, 0.15) is 17.1 Å². The highest BCUT2D eigenvalue weighted by Gasteiger charge is 2.34. The Balaban J connectivity index is 2.41. The maximum absolute atomic E-state index is 13.0. The van der Waals surface area contributed by atoms with Crippen molar-refractivity contribution < 1.29 is 32.3 Å². The van der Waals surface area contributed by atoms with Crippen LogP contribution in [0.1, 0.15) is 51.9 Å². The number of halogens is 3. The minimum absolute atomic E-state index is 0.0119. The second kappa shape index (κ2) is 10.6. The summed E-state index contributed by atoms with van der Waals surface area (Å²) >= 11 is 0.867. The summed E-state index contributed by atoms with van der Waals surface area (Å²) in [5.74, 6) is -1.93. The zero-order valence-electron chi connectivity index (χ0n) is 18.5. The first-order valence-electron chi connectivity index (χ1n) is 10.1. The molecule has 2 aromatic rings. The predicted octanol–water partition coefficient (Wildman–Crippen LogP) is 3.53. The molecule has 12 heteroatoms. The Labute approximate surface area is 192 Å². The van der Waals surface area contributed by atoms with Gasteiger partial charge in [0.2, 0.25) is 5.91 Å². The van der Waals surface area contributed by atoms with E-state index in [1.165, 1.54) is 0 Å². The molecule has 2 heterocycles. The van der Waals surface area contributed by atoms with E-state index >= 15 is 0 Å². The Bertz CT molecular complexity index is 1100. The van der Waals surface area contributed by atoms with Crippen LogP contribution in [0.4, 0.5) is 18.2 Å². The van der Waals surface area contributed by atoms with Crippen LogP contribution in [-0.2, 0) is 22.3 Å². The van der Waals surface area contributed by atoms with Crippen molar-refractivity contribution in [2.24, 2.45) is 0 Å². The molecule has 0 radical (unpaired) electrons. The van der Waals surface area contributed by atoms with Crippen molar-refractivity contribution in [2.75, 3.05) is 25.0 Å². The Morgan fingerprint density at radius 2 is 1.82 bits per heavy atom. The molecule has 2 aromatic heterocycles. The third-order valence-electron chi connectivity index (χ3n) is 4.76. The second-order valence-corrected chi connectivity index (χ2v) is 7.88. The van der Waals surface area contributed by atoms with E-state index in [1.54, 1.807) is 32.6 Å². The van der Waals surface area contributed by atoms with Crippen LogP contribution in [0.25, 0.3) is 0 Å². The molecule has 33 heavy (non-hydrogen) atoms. The zero-order chi connectivity index (χ0) is 24.9. The van der Waals surface area contributed by atoms with Crippen molar-refractivity contribution in [1.29, 1.82) is 0 Å². The second-order valence-electron chi connectivity index (χ2n) is 6.86. The summed E-state index contributed by atoms with van der Waals surface area (Å²) in [6.07, 6.45) is -3.81. The number of nitrogens with zero attached hydrogens (tertiary/aromatic N) is 2. The summed E-state index contributed by atoms with van der Waals surface area (Å²) in [6.45, 7) is 6.94. The van der Waals surface area contributed by atoms with Crippen molar-refractivity contribution in [3.63, 3.8) is 0 Å². The van der Waals surface area contributed by atoms with E-state index in [-0.39, 0.29) is 28.0 Å². The molecule has 180 valence electrons. The van der Waals surface area contributed by atoms with E-state index in [0.29, 0.717) is 29.3 Å². The van der Waals surface area contributed by atoms with Crippen LogP contribution >= 0.6 is 11.3 Å². The van der Waals surface area contributed by atoms with E-state index < -0.39 is 35.7 Å². The van der Waals surface area contributed by atoms with Crippen molar-refractivity contribution in [3.05, 3.63) is 50.3 Å². The molecule has 0 saturated heterocycles. The number of alkyl halides is 3. The maximum Gasteiger partial charge on any atom is 0.421 e. The molecule has 1 N–H and O–H groups in total.